The Balaban J connectivity index is 1.62. The van der Waals surface area contributed by atoms with Crippen LogP contribution >= 0.6 is 0 Å². The summed E-state index contributed by atoms with van der Waals surface area (Å²) in [5.41, 5.74) is 11.3. The van der Waals surface area contributed by atoms with Gasteiger partial charge in [0.25, 0.3) is 5.91 Å². The Morgan fingerprint density at radius 3 is 1.85 bits per heavy atom. The Labute approximate surface area is 234 Å². The molecule has 0 heterocycles. The Hall–Kier alpha value is -3.65. The highest BCUT2D eigenvalue weighted by atomic mass is 16.2. The molecule has 0 fully saturated rings. The third-order valence-electron chi connectivity index (χ3n) is 8.78. The summed E-state index contributed by atoms with van der Waals surface area (Å²) >= 11 is 0. The van der Waals surface area contributed by atoms with E-state index in [-0.39, 0.29) is 16.7 Å². The van der Waals surface area contributed by atoms with E-state index < -0.39 is 0 Å². The molecule has 4 aromatic carbocycles. The van der Waals surface area contributed by atoms with Crippen molar-refractivity contribution in [3.8, 4) is 33.4 Å². The smallest absolute Gasteiger partial charge is 0.253 e. The molecule has 0 atom stereocenters. The van der Waals surface area contributed by atoms with Crippen LogP contribution in [0.3, 0.4) is 0 Å². The molecule has 0 aromatic heterocycles. The molecule has 0 saturated carbocycles. The van der Waals surface area contributed by atoms with Gasteiger partial charge in [0.05, 0.1) is 0 Å². The Kier molecular flexibility index (Phi) is 7.25. The summed E-state index contributed by atoms with van der Waals surface area (Å²) in [5.74, 6) is 0.0891. The summed E-state index contributed by atoms with van der Waals surface area (Å²) in [6.45, 7) is 15.0. The molecule has 39 heavy (non-hydrogen) atoms. The molecule has 5 rings (SSSR count). The van der Waals surface area contributed by atoms with Gasteiger partial charge in [0, 0.05) is 18.7 Å². The van der Waals surface area contributed by atoms with E-state index in [1.54, 1.807) is 0 Å². The summed E-state index contributed by atoms with van der Waals surface area (Å²) in [6.07, 6.45) is 2.41. The molecule has 0 saturated heterocycles. The highest BCUT2D eigenvalue weighted by Crippen LogP contribution is 2.47. The zero-order valence-corrected chi connectivity index (χ0v) is 24.3. The lowest BCUT2D eigenvalue weighted by atomic mass is 9.63. The summed E-state index contributed by atoms with van der Waals surface area (Å²) in [5, 5.41) is 0. The van der Waals surface area contributed by atoms with Crippen molar-refractivity contribution in [1.29, 1.82) is 0 Å². The van der Waals surface area contributed by atoms with Gasteiger partial charge in [-0.2, -0.15) is 0 Å². The standard InChI is InChI=1S/C37H41NO/c1-7-38(8-2)35(39)28-16-14-26(15-17-28)29-18-20-31(27-12-10-9-11-13-27)32(24-29)30-19-21-33-34(25-30)37(5,6)23-22-36(33,3)4/h9-21,24-25H,7-8,22-23H2,1-6H3. The first-order valence-corrected chi connectivity index (χ1v) is 14.4. The number of amides is 1. The summed E-state index contributed by atoms with van der Waals surface area (Å²) in [7, 11) is 0. The van der Waals surface area contributed by atoms with Gasteiger partial charge in [0.15, 0.2) is 0 Å². The molecular formula is C37H41NO. The van der Waals surface area contributed by atoms with Gasteiger partial charge in [0.2, 0.25) is 0 Å². The average molecular weight is 516 g/mol. The van der Waals surface area contributed by atoms with E-state index in [1.807, 2.05) is 30.9 Å². The maximum Gasteiger partial charge on any atom is 0.253 e. The van der Waals surface area contributed by atoms with Gasteiger partial charge in [0.1, 0.15) is 0 Å². The number of carbonyl (C=O) groups is 1. The molecule has 200 valence electrons. The van der Waals surface area contributed by atoms with E-state index in [0.717, 1.165) is 29.8 Å². The fourth-order valence-electron chi connectivity index (χ4n) is 6.09. The number of fused-ring (bicyclic) bond motifs is 1. The highest BCUT2D eigenvalue weighted by molar-refractivity contribution is 5.95. The first-order chi connectivity index (χ1) is 18.6. The molecule has 0 aliphatic heterocycles. The minimum atomic E-state index is 0.0891. The normalized spacial score (nSPS) is 15.4. The summed E-state index contributed by atoms with van der Waals surface area (Å²) < 4.78 is 0. The SMILES string of the molecule is CCN(CC)C(=O)c1ccc(-c2ccc(-c3ccccc3)c(-c3ccc4c(c3)C(C)(C)CCC4(C)C)c2)cc1. The minimum Gasteiger partial charge on any atom is -0.339 e. The second-order valence-corrected chi connectivity index (χ2v) is 12.2. The lowest BCUT2D eigenvalue weighted by Gasteiger charge is -2.42. The molecule has 0 bridgehead atoms. The van der Waals surface area contributed by atoms with E-state index in [9.17, 15) is 4.79 Å². The third kappa shape index (κ3) is 5.17. The molecule has 1 amide bonds. The van der Waals surface area contributed by atoms with Crippen LogP contribution in [0.1, 0.15) is 75.9 Å². The van der Waals surface area contributed by atoms with E-state index in [1.165, 1.54) is 46.2 Å². The van der Waals surface area contributed by atoms with Gasteiger partial charge in [-0.1, -0.05) is 100 Å². The van der Waals surface area contributed by atoms with Gasteiger partial charge in [-0.25, -0.2) is 0 Å². The van der Waals surface area contributed by atoms with Crippen LogP contribution in [-0.4, -0.2) is 23.9 Å². The van der Waals surface area contributed by atoms with E-state index in [4.69, 9.17) is 0 Å². The second kappa shape index (κ2) is 10.5. The molecule has 0 unspecified atom stereocenters. The third-order valence-corrected chi connectivity index (χ3v) is 8.78. The number of carbonyl (C=O) groups excluding carboxylic acids is 1. The maximum absolute atomic E-state index is 12.8. The van der Waals surface area contributed by atoms with E-state index in [2.05, 4.69) is 107 Å². The Bertz CT molecular complexity index is 1470. The quantitative estimate of drug-likeness (QED) is 0.250. The number of nitrogens with zero attached hydrogens (tertiary/aromatic N) is 1. The molecule has 0 N–H and O–H groups in total. The van der Waals surface area contributed by atoms with Gasteiger partial charge < -0.3 is 4.90 Å². The van der Waals surface area contributed by atoms with Crippen molar-refractivity contribution in [1.82, 2.24) is 4.90 Å². The van der Waals surface area contributed by atoms with Crippen molar-refractivity contribution in [3.05, 3.63) is 108 Å². The van der Waals surface area contributed by atoms with Gasteiger partial charge >= 0.3 is 0 Å². The molecule has 2 heteroatoms. The van der Waals surface area contributed by atoms with Crippen LogP contribution in [0.15, 0.2) is 91.0 Å². The number of hydrogen-bond donors (Lipinski definition) is 0. The predicted molar refractivity (Wildman–Crippen MR) is 165 cm³/mol. The molecule has 0 spiro atoms. The highest BCUT2D eigenvalue weighted by Gasteiger charge is 2.37. The lowest BCUT2D eigenvalue weighted by molar-refractivity contribution is 0.0773. The molecule has 1 aliphatic rings. The number of benzene rings is 4. The fourth-order valence-corrected chi connectivity index (χ4v) is 6.09. The first kappa shape index (κ1) is 26.9. The minimum absolute atomic E-state index is 0.0891. The average Bonchev–Trinajstić information content (AvgIpc) is 2.96. The van der Waals surface area contributed by atoms with Crippen LogP contribution in [0.2, 0.25) is 0 Å². The molecule has 4 aromatic rings. The Morgan fingerprint density at radius 2 is 1.21 bits per heavy atom. The zero-order chi connectivity index (χ0) is 27.8. The van der Waals surface area contributed by atoms with Crippen molar-refractivity contribution in [3.63, 3.8) is 0 Å². The summed E-state index contributed by atoms with van der Waals surface area (Å²) in [4.78, 5) is 14.7. The van der Waals surface area contributed by atoms with Crippen LogP contribution in [0.5, 0.6) is 0 Å². The number of hydrogen-bond acceptors (Lipinski definition) is 1. The van der Waals surface area contributed by atoms with Gasteiger partial charge in [-0.3, -0.25) is 4.79 Å². The van der Waals surface area contributed by atoms with E-state index in [0.29, 0.717) is 0 Å². The predicted octanol–water partition coefficient (Wildman–Crippen LogP) is 9.52. The monoisotopic (exact) mass is 515 g/mol. The second-order valence-electron chi connectivity index (χ2n) is 12.2. The van der Waals surface area contributed by atoms with Crippen LogP contribution in [-0.2, 0) is 10.8 Å². The molecule has 0 radical (unpaired) electrons. The topological polar surface area (TPSA) is 20.3 Å². The molecule has 1 aliphatic carbocycles. The van der Waals surface area contributed by atoms with Crippen LogP contribution < -0.4 is 0 Å². The van der Waals surface area contributed by atoms with Crippen LogP contribution in [0.25, 0.3) is 33.4 Å². The summed E-state index contributed by atoms with van der Waals surface area (Å²) in [6, 6.07) is 32.7. The van der Waals surface area contributed by atoms with Crippen molar-refractivity contribution in [2.75, 3.05) is 13.1 Å². The molecular weight excluding hydrogens is 474 g/mol. The Morgan fingerprint density at radius 1 is 0.615 bits per heavy atom. The van der Waals surface area contributed by atoms with Crippen molar-refractivity contribution in [2.45, 2.75) is 65.2 Å². The van der Waals surface area contributed by atoms with Crippen molar-refractivity contribution < 1.29 is 4.79 Å². The fraction of sp³-hybridized carbons (Fsp3) is 0.324. The number of rotatable bonds is 6. The van der Waals surface area contributed by atoms with Gasteiger partial charge in [-0.15, -0.1) is 0 Å². The van der Waals surface area contributed by atoms with E-state index >= 15 is 0 Å². The zero-order valence-electron chi connectivity index (χ0n) is 24.3. The lowest BCUT2D eigenvalue weighted by Crippen LogP contribution is -2.33. The first-order valence-electron chi connectivity index (χ1n) is 14.4. The maximum atomic E-state index is 12.8. The molecule has 2 nitrogen and oxygen atoms in total. The van der Waals surface area contributed by atoms with Crippen LogP contribution in [0, 0.1) is 0 Å². The van der Waals surface area contributed by atoms with Crippen molar-refractivity contribution in [2.24, 2.45) is 0 Å². The van der Waals surface area contributed by atoms with Crippen molar-refractivity contribution >= 4 is 5.91 Å². The van der Waals surface area contributed by atoms with Gasteiger partial charge in [-0.05, 0) is 100 Å². The van der Waals surface area contributed by atoms with Crippen LogP contribution in [0.4, 0.5) is 0 Å². The largest absolute Gasteiger partial charge is 0.339 e.